The minimum absolute atomic E-state index is 0.168. The van der Waals surface area contributed by atoms with Crippen LogP contribution in [0.3, 0.4) is 0 Å². The van der Waals surface area contributed by atoms with E-state index in [0.29, 0.717) is 42.1 Å². The molecule has 0 bridgehead atoms. The van der Waals surface area contributed by atoms with Gasteiger partial charge >= 0.3 is 5.97 Å². The van der Waals surface area contributed by atoms with Crippen LogP contribution in [-0.2, 0) is 27.3 Å². The summed E-state index contributed by atoms with van der Waals surface area (Å²) in [7, 11) is 0. The molecule has 1 aromatic heterocycles. The van der Waals surface area contributed by atoms with Gasteiger partial charge in [-0.05, 0) is 81.3 Å². The average molecular weight is 606 g/mol. The molecule has 1 amide bonds. The molecule has 1 atom stereocenters. The summed E-state index contributed by atoms with van der Waals surface area (Å²) < 4.78 is 25.4. The summed E-state index contributed by atoms with van der Waals surface area (Å²) in [4.78, 5) is 31.3. The number of nitrogens with one attached hydrogen (secondary N) is 1. The number of hydrogen-bond donors (Lipinski definition) is 2. The Labute approximate surface area is 259 Å². The summed E-state index contributed by atoms with van der Waals surface area (Å²) >= 11 is 0. The number of piperidine rings is 1. The van der Waals surface area contributed by atoms with Gasteiger partial charge in [0.1, 0.15) is 11.6 Å². The Hall–Kier alpha value is -3.98. The number of ether oxygens (including phenoxy) is 2. The lowest BCUT2D eigenvalue weighted by atomic mass is 9.81. The third-order valence-corrected chi connectivity index (χ3v) is 7.93. The van der Waals surface area contributed by atoms with Crippen molar-refractivity contribution in [2.24, 2.45) is 5.41 Å². The predicted octanol–water partition coefficient (Wildman–Crippen LogP) is 6.63. The molecule has 8 nitrogen and oxygen atoms in total. The first kappa shape index (κ1) is 32.9. The van der Waals surface area contributed by atoms with E-state index in [9.17, 15) is 19.1 Å². The van der Waals surface area contributed by atoms with Gasteiger partial charge < -0.3 is 24.8 Å². The fourth-order valence-corrected chi connectivity index (χ4v) is 5.55. The maximum absolute atomic E-state index is 13.2. The summed E-state index contributed by atoms with van der Waals surface area (Å²) in [6, 6.07) is 14.0. The van der Waals surface area contributed by atoms with Crippen molar-refractivity contribution in [3.63, 3.8) is 0 Å². The molecule has 1 aliphatic heterocycles. The number of aryl methyl sites for hydroxylation is 1. The van der Waals surface area contributed by atoms with Crippen molar-refractivity contribution in [3.8, 4) is 16.9 Å². The van der Waals surface area contributed by atoms with Gasteiger partial charge in [0.15, 0.2) is 6.10 Å². The predicted molar refractivity (Wildman–Crippen MR) is 169 cm³/mol. The molecular weight excluding hydrogens is 561 g/mol. The number of carboxylic acid groups (broad SMARTS) is 1. The van der Waals surface area contributed by atoms with Crippen molar-refractivity contribution in [2.75, 3.05) is 24.6 Å². The molecule has 1 aliphatic rings. The second-order valence-corrected chi connectivity index (χ2v) is 13.1. The van der Waals surface area contributed by atoms with E-state index in [1.54, 1.807) is 19.1 Å². The molecule has 0 aliphatic carbocycles. The van der Waals surface area contributed by atoms with E-state index in [4.69, 9.17) is 14.5 Å². The lowest BCUT2D eigenvalue weighted by Gasteiger charge is -2.41. The van der Waals surface area contributed by atoms with Crippen LogP contribution < -0.4 is 15.0 Å². The topological polar surface area (TPSA) is 101 Å². The Kier molecular flexibility index (Phi) is 10.3. The van der Waals surface area contributed by atoms with Gasteiger partial charge in [-0.15, -0.1) is 0 Å². The van der Waals surface area contributed by atoms with Crippen molar-refractivity contribution < 1.29 is 28.6 Å². The molecule has 0 saturated carbocycles. The van der Waals surface area contributed by atoms with Crippen molar-refractivity contribution in [2.45, 2.75) is 79.1 Å². The molecule has 1 fully saturated rings. The number of amides is 1. The molecule has 1 saturated heterocycles. The highest BCUT2D eigenvalue weighted by molar-refractivity contribution is 5.88. The zero-order valence-electron chi connectivity index (χ0n) is 26.6. The molecule has 2 heterocycles. The Bertz CT molecular complexity index is 1440. The van der Waals surface area contributed by atoms with Gasteiger partial charge in [0.2, 0.25) is 6.41 Å². The number of aliphatic carboxylic acids is 1. The summed E-state index contributed by atoms with van der Waals surface area (Å²) in [5, 5.41) is 13.2. The van der Waals surface area contributed by atoms with E-state index in [1.807, 2.05) is 45.0 Å². The number of nitrogens with zero attached hydrogens (tertiary/aromatic N) is 2. The van der Waals surface area contributed by atoms with Gasteiger partial charge in [-0.1, -0.05) is 38.1 Å². The van der Waals surface area contributed by atoms with Crippen LogP contribution in [0.15, 0.2) is 48.5 Å². The SMILES string of the molecule is Cc1nc(CNC=O)c(-c2ccc(OCCc3ccc(F)cc3)cc2)c(N2CCC(C)(C)CC2)c1C(OC(C)(C)C)C(=O)O. The van der Waals surface area contributed by atoms with Crippen molar-refractivity contribution in [1.29, 1.82) is 0 Å². The lowest BCUT2D eigenvalue weighted by Crippen LogP contribution is -2.39. The van der Waals surface area contributed by atoms with E-state index in [-0.39, 0.29) is 17.8 Å². The molecule has 4 rings (SSSR count). The van der Waals surface area contributed by atoms with Gasteiger partial charge in [0.05, 0.1) is 30.1 Å². The van der Waals surface area contributed by atoms with Crippen molar-refractivity contribution in [1.82, 2.24) is 10.3 Å². The monoisotopic (exact) mass is 605 g/mol. The molecule has 0 spiro atoms. The van der Waals surface area contributed by atoms with Crippen LogP contribution in [0.1, 0.15) is 76.1 Å². The Balaban J connectivity index is 1.79. The molecule has 0 radical (unpaired) electrons. The van der Waals surface area contributed by atoms with E-state index in [0.717, 1.165) is 48.3 Å². The largest absolute Gasteiger partial charge is 0.493 e. The highest BCUT2D eigenvalue weighted by Gasteiger charge is 2.37. The number of halogens is 1. The number of aromatic nitrogens is 1. The molecule has 3 aromatic rings. The zero-order chi connectivity index (χ0) is 32.1. The normalized spacial score (nSPS) is 15.5. The van der Waals surface area contributed by atoms with Gasteiger partial charge in [0, 0.05) is 36.3 Å². The van der Waals surface area contributed by atoms with Crippen LogP contribution in [0.25, 0.3) is 11.1 Å². The molecule has 1 unspecified atom stereocenters. The number of carboxylic acids is 1. The van der Waals surface area contributed by atoms with E-state index in [1.165, 1.54) is 12.1 Å². The van der Waals surface area contributed by atoms with E-state index < -0.39 is 17.7 Å². The van der Waals surface area contributed by atoms with Crippen molar-refractivity contribution in [3.05, 3.63) is 76.9 Å². The first-order valence-electron chi connectivity index (χ1n) is 15.1. The molecular formula is C35H44FN3O5. The van der Waals surface area contributed by atoms with Crippen LogP contribution in [0.2, 0.25) is 0 Å². The van der Waals surface area contributed by atoms with Crippen LogP contribution in [0, 0.1) is 18.2 Å². The van der Waals surface area contributed by atoms with E-state index in [2.05, 4.69) is 24.1 Å². The lowest BCUT2D eigenvalue weighted by molar-refractivity contribution is -0.160. The van der Waals surface area contributed by atoms with Gasteiger partial charge in [-0.3, -0.25) is 9.78 Å². The molecule has 2 N–H and O–H groups in total. The molecule has 9 heteroatoms. The number of hydrogen-bond acceptors (Lipinski definition) is 6. The number of anilines is 1. The van der Waals surface area contributed by atoms with Crippen molar-refractivity contribution >= 4 is 18.1 Å². The van der Waals surface area contributed by atoms with E-state index >= 15 is 0 Å². The Morgan fingerprint density at radius 3 is 2.32 bits per heavy atom. The first-order chi connectivity index (χ1) is 20.8. The average Bonchev–Trinajstić information content (AvgIpc) is 2.96. The molecule has 2 aromatic carbocycles. The Morgan fingerprint density at radius 1 is 1.11 bits per heavy atom. The molecule has 236 valence electrons. The summed E-state index contributed by atoms with van der Waals surface area (Å²) in [5.41, 5.74) is 4.51. The van der Waals surface area contributed by atoms with Crippen LogP contribution in [0.5, 0.6) is 5.75 Å². The highest BCUT2D eigenvalue weighted by Crippen LogP contribution is 2.45. The maximum atomic E-state index is 13.2. The zero-order valence-corrected chi connectivity index (χ0v) is 26.6. The number of benzene rings is 2. The number of rotatable bonds is 12. The standard InChI is InChI=1S/C35H44FN3O5/c1-23-29(32(33(41)42)44-34(2,3)4)31(39-18-16-35(5,6)17-19-39)30(28(38-23)21-37-22-40)25-9-13-27(14-10-25)43-20-15-24-7-11-26(36)12-8-24/h7-14,22,32H,15-21H2,1-6H3,(H,37,40)(H,41,42). The minimum atomic E-state index is -1.24. The number of carbonyl (C=O) groups excluding carboxylic acids is 1. The second kappa shape index (κ2) is 13.8. The van der Waals surface area contributed by atoms with Gasteiger partial charge in [-0.25, -0.2) is 9.18 Å². The van der Waals surface area contributed by atoms with Crippen LogP contribution in [0.4, 0.5) is 10.1 Å². The summed E-state index contributed by atoms with van der Waals surface area (Å²) in [5.74, 6) is -0.684. The highest BCUT2D eigenvalue weighted by atomic mass is 19.1. The van der Waals surface area contributed by atoms with Crippen LogP contribution in [-0.4, -0.2) is 47.8 Å². The summed E-state index contributed by atoms with van der Waals surface area (Å²) in [6.07, 6.45) is 1.91. The van der Waals surface area contributed by atoms with Gasteiger partial charge in [-0.2, -0.15) is 0 Å². The van der Waals surface area contributed by atoms with Crippen LogP contribution >= 0.6 is 0 Å². The second-order valence-electron chi connectivity index (χ2n) is 13.1. The minimum Gasteiger partial charge on any atom is -0.493 e. The number of carbonyl (C=O) groups is 2. The summed E-state index contributed by atoms with van der Waals surface area (Å²) in [6.45, 7) is 13.9. The third kappa shape index (κ3) is 8.34. The quantitative estimate of drug-likeness (QED) is 0.224. The van der Waals surface area contributed by atoms with Gasteiger partial charge in [0.25, 0.3) is 0 Å². The maximum Gasteiger partial charge on any atom is 0.337 e. The third-order valence-electron chi connectivity index (χ3n) is 7.93. The number of pyridine rings is 1. The first-order valence-corrected chi connectivity index (χ1v) is 15.1. The smallest absolute Gasteiger partial charge is 0.337 e. The Morgan fingerprint density at radius 2 is 1.75 bits per heavy atom. The fourth-order valence-electron chi connectivity index (χ4n) is 5.55. The molecule has 44 heavy (non-hydrogen) atoms. The fraction of sp³-hybridized carbons (Fsp3) is 0.457.